The Morgan fingerprint density at radius 1 is 1.62 bits per heavy atom. The lowest BCUT2D eigenvalue weighted by molar-refractivity contribution is 0.0660. The second-order valence-electron chi connectivity index (χ2n) is 3.44. The Morgan fingerprint density at radius 2 is 2.31 bits per heavy atom. The molecule has 0 aliphatic heterocycles. The number of carboxylic acid groups (broad SMARTS) is 1. The van der Waals surface area contributed by atoms with Crippen LogP contribution in [0.4, 0.5) is 0 Å². The van der Waals surface area contributed by atoms with E-state index < -0.39 is 5.97 Å². The Morgan fingerprint density at radius 3 is 2.81 bits per heavy atom. The van der Waals surface area contributed by atoms with Crippen LogP contribution in [0.25, 0.3) is 6.08 Å². The number of rotatable bonds is 5. The molecule has 0 amide bonds. The number of carboxylic acids is 1. The van der Waals surface area contributed by atoms with Crippen LogP contribution in [-0.4, -0.2) is 22.8 Å². The van der Waals surface area contributed by atoms with Crippen LogP contribution < -0.4 is 0 Å². The normalized spacial score (nSPS) is 11.5. The summed E-state index contributed by atoms with van der Waals surface area (Å²) < 4.78 is 5.16. The first-order valence-corrected chi connectivity index (χ1v) is 4.83. The zero-order valence-electron chi connectivity index (χ0n) is 9.06. The maximum Gasteiger partial charge on any atom is 0.371 e. The Labute approximate surface area is 93.5 Å². The van der Waals surface area contributed by atoms with Crippen molar-refractivity contribution in [2.45, 2.75) is 13.3 Å². The van der Waals surface area contributed by atoms with E-state index in [1.807, 2.05) is 0 Å². The molecule has 0 unspecified atom stereocenters. The number of allylic oxidation sites excluding steroid dienone is 1. The molecule has 1 heterocycles. The molecule has 2 N–H and O–H groups in total. The van der Waals surface area contributed by atoms with Crippen molar-refractivity contribution in [3.05, 3.63) is 41.4 Å². The number of aliphatic hydroxyl groups excluding tert-OH is 1. The lowest BCUT2D eigenvalue weighted by Gasteiger charge is -1.95. The van der Waals surface area contributed by atoms with Gasteiger partial charge in [0.15, 0.2) is 0 Å². The Hall–Kier alpha value is -1.81. The minimum atomic E-state index is -1.10. The fraction of sp³-hybridized carbons (Fsp3) is 0.250. The fourth-order valence-electron chi connectivity index (χ4n) is 1.27. The van der Waals surface area contributed by atoms with E-state index in [9.17, 15) is 4.79 Å². The second kappa shape index (κ2) is 5.32. The van der Waals surface area contributed by atoms with Gasteiger partial charge in [-0.1, -0.05) is 12.2 Å². The van der Waals surface area contributed by atoms with Crippen LogP contribution in [0.2, 0.25) is 0 Å². The molecule has 0 aromatic carbocycles. The molecule has 0 aliphatic carbocycles. The summed E-state index contributed by atoms with van der Waals surface area (Å²) in [7, 11) is 0. The lowest BCUT2D eigenvalue weighted by atomic mass is 10.1. The predicted octanol–water partition coefficient (Wildman–Crippen LogP) is 2.10. The number of aliphatic hydroxyl groups is 1. The van der Waals surface area contributed by atoms with Crippen molar-refractivity contribution in [2.75, 3.05) is 6.61 Å². The van der Waals surface area contributed by atoms with Gasteiger partial charge in [0.2, 0.25) is 5.76 Å². The van der Waals surface area contributed by atoms with Crippen molar-refractivity contribution in [1.29, 1.82) is 0 Å². The third-order valence-electron chi connectivity index (χ3n) is 2.03. The summed E-state index contributed by atoms with van der Waals surface area (Å²) in [6, 6.07) is 1.44. The van der Waals surface area contributed by atoms with Gasteiger partial charge in [-0.15, -0.1) is 6.58 Å². The summed E-state index contributed by atoms with van der Waals surface area (Å²) in [5.74, 6) is -0.666. The van der Waals surface area contributed by atoms with E-state index >= 15 is 0 Å². The molecule has 4 nitrogen and oxygen atoms in total. The monoisotopic (exact) mass is 222 g/mol. The number of carbonyl (C=O) groups is 1. The molecule has 0 bridgehead atoms. The number of aromatic carboxylic acids is 1. The first-order valence-electron chi connectivity index (χ1n) is 4.83. The van der Waals surface area contributed by atoms with E-state index in [2.05, 4.69) is 6.58 Å². The first-order chi connectivity index (χ1) is 7.58. The van der Waals surface area contributed by atoms with Crippen LogP contribution in [0.3, 0.4) is 0 Å². The van der Waals surface area contributed by atoms with Gasteiger partial charge in [0.1, 0.15) is 5.76 Å². The Kier molecular flexibility index (Phi) is 4.08. The molecule has 0 aliphatic rings. The van der Waals surface area contributed by atoms with E-state index in [-0.39, 0.29) is 12.4 Å². The SMILES string of the molecule is C=CCc1oc(C(=O)O)cc1/C=C(\C)CO. The maximum atomic E-state index is 10.7. The van der Waals surface area contributed by atoms with Gasteiger partial charge in [-0.3, -0.25) is 0 Å². The summed E-state index contributed by atoms with van der Waals surface area (Å²) in [5.41, 5.74) is 1.41. The average Bonchev–Trinajstić information content (AvgIpc) is 2.62. The Bertz CT molecular complexity index is 426. The summed E-state index contributed by atoms with van der Waals surface area (Å²) in [6.45, 7) is 5.26. The summed E-state index contributed by atoms with van der Waals surface area (Å²) >= 11 is 0. The fourth-order valence-corrected chi connectivity index (χ4v) is 1.27. The van der Waals surface area contributed by atoms with Gasteiger partial charge >= 0.3 is 5.97 Å². The van der Waals surface area contributed by atoms with Crippen molar-refractivity contribution in [3.8, 4) is 0 Å². The van der Waals surface area contributed by atoms with Crippen LogP contribution >= 0.6 is 0 Å². The van der Waals surface area contributed by atoms with Crippen LogP contribution in [0.1, 0.15) is 28.8 Å². The van der Waals surface area contributed by atoms with Crippen LogP contribution in [0, 0.1) is 0 Å². The number of hydrogen-bond donors (Lipinski definition) is 2. The van der Waals surface area contributed by atoms with Crippen molar-refractivity contribution in [1.82, 2.24) is 0 Å². The molecule has 1 rings (SSSR count). The molecule has 0 fully saturated rings. The van der Waals surface area contributed by atoms with E-state index in [1.165, 1.54) is 6.07 Å². The van der Waals surface area contributed by atoms with Crippen LogP contribution in [-0.2, 0) is 6.42 Å². The van der Waals surface area contributed by atoms with Gasteiger partial charge in [-0.2, -0.15) is 0 Å². The molecule has 1 aromatic heterocycles. The smallest absolute Gasteiger partial charge is 0.371 e. The molecule has 0 saturated carbocycles. The van der Waals surface area contributed by atoms with Gasteiger partial charge in [0, 0.05) is 12.0 Å². The molecule has 0 radical (unpaired) electrons. The largest absolute Gasteiger partial charge is 0.475 e. The predicted molar refractivity (Wildman–Crippen MR) is 60.3 cm³/mol. The minimum Gasteiger partial charge on any atom is -0.475 e. The molecule has 16 heavy (non-hydrogen) atoms. The quantitative estimate of drug-likeness (QED) is 0.748. The molecule has 1 aromatic rings. The van der Waals surface area contributed by atoms with Crippen molar-refractivity contribution in [3.63, 3.8) is 0 Å². The topological polar surface area (TPSA) is 70.7 Å². The molecule has 0 atom stereocenters. The van der Waals surface area contributed by atoms with Crippen LogP contribution in [0.15, 0.2) is 28.7 Å². The summed E-state index contributed by atoms with van der Waals surface area (Å²) in [4.78, 5) is 10.7. The zero-order valence-corrected chi connectivity index (χ0v) is 9.06. The lowest BCUT2D eigenvalue weighted by Crippen LogP contribution is -1.91. The molecular weight excluding hydrogens is 208 g/mol. The van der Waals surface area contributed by atoms with E-state index in [0.717, 1.165) is 5.57 Å². The van der Waals surface area contributed by atoms with E-state index in [0.29, 0.717) is 17.7 Å². The molecular formula is C12H14O4. The van der Waals surface area contributed by atoms with Crippen molar-refractivity contribution >= 4 is 12.0 Å². The highest BCUT2D eigenvalue weighted by molar-refractivity contribution is 5.85. The minimum absolute atomic E-state index is 0.0683. The van der Waals surface area contributed by atoms with E-state index in [1.54, 1.807) is 19.1 Å². The van der Waals surface area contributed by atoms with Gasteiger partial charge < -0.3 is 14.6 Å². The maximum absolute atomic E-state index is 10.7. The number of hydrogen-bond acceptors (Lipinski definition) is 3. The van der Waals surface area contributed by atoms with E-state index in [4.69, 9.17) is 14.6 Å². The van der Waals surface area contributed by atoms with Crippen LogP contribution in [0.5, 0.6) is 0 Å². The molecule has 0 saturated heterocycles. The summed E-state index contributed by atoms with van der Waals surface area (Å²) in [6.07, 6.45) is 3.79. The van der Waals surface area contributed by atoms with Gasteiger partial charge in [-0.25, -0.2) is 4.79 Å². The third kappa shape index (κ3) is 2.84. The zero-order chi connectivity index (χ0) is 12.1. The molecule has 4 heteroatoms. The third-order valence-corrected chi connectivity index (χ3v) is 2.03. The average molecular weight is 222 g/mol. The Balaban J connectivity index is 3.14. The van der Waals surface area contributed by atoms with Gasteiger partial charge in [0.25, 0.3) is 0 Å². The first kappa shape index (κ1) is 12.3. The van der Waals surface area contributed by atoms with Crippen molar-refractivity contribution < 1.29 is 19.4 Å². The highest BCUT2D eigenvalue weighted by atomic mass is 16.4. The highest BCUT2D eigenvalue weighted by Gasteiger charge is 2.13. The number of furan rings is 1. The summed E-state index contributed by atoms with van der Waals surface area (Å²) in [5, 5.41) is 17.7. The van der Waals surface area contributed by atoms with Crippen molar-refractivity contribution in [2.24, 2.45) is 0 Å². The highest BCUT2D eigenvalue weighted by Crippen LogP contribution is 2.19. The van der Waals surface area contributed by atoms with Gasteiger partial charge in [0.05, 0.1) is 6.61 Å². The standard InChI is InChI=1S/C12H14O4/c1-3-4-10-9(5-8(2)7-13)6-11(16-10)12(14)15/h3,5-6,13H,1,4,7H2,2H3,(H,14,15)/b8-5+. The second-order valence-corrected chi connectivity index (χ2v) is 3.44. The van der Waals surface area contributed by atoms with Gasteiger partial charge in [-0.05, 0) is 18.6 Å². The molecule has 0 spiro atoms. The molecule has 86 valence electrons.